The zero-order chi connectivity index (χ0) is 9.14. The lowest BCUT2D eigenvalue weighted by atomic mass is 10.4. The predicted molar refractivity (Wildman–Crippen MR) is 37.3 cm³/mol. The maximum atomic E-state index is 12.4. The molecule has 68 valence electrons. The molecular formula is C7H9F2NO2. The number of aromatic amines is 1. The zero-order valence-corrected chi connectivity index (χ0v) is 6.47. The van der Waals surface area contributed by atoms with Crippen molar-refractivity contribution in [3.63, 3.8) is 0 Å². The van der Waals surface area contributed by atoms with E-state index in [4.69, 9.17) is 5.11 Å². The molecule has 0 bridgehead atoms. The largest absolute Gasteiger partial charge is 0.363 e. The molecule has 1 unspecified atom stereocenters. The van der Waals surface area contributed by atoms with Crippen LogP contribution in [-0.2, 0) is 4.74 Å². The highest BCUT2D eigenvalue weighted by Crippen LogP contribution is 2.15. The van der Waals surface area contributed by atoms with Gasteiger partial charge in [-0.25, -0.2) is 4.39 Å². The summed E-state index contributed by atoms with van der Waals surface area (Å²) in [5, 5.41) is 9.07. The van der Waals surface area contributed by atoms with Crippen LogP contribution >= 0.6 is 0 Å². The highest BCUT2D eigenvalue weighted by atomic mass is 19.2. The van der Waals surface area contributed by atoms with Crippen molar-refractivity contribution >= 4 is 0 Å². The van der Waals surface area contributed by atoms with Crippen molar-refractivity contribution in [3.05, 3.63) is 23.5 Å². The van der Waals surface area contributed by atoms with Crippen LogP contribution in [0.5, 0.6) is 0 Å². The first-order valence-electron chi connectivity index (χ1n) is 3.48. The van der Waals surface area contributed by atoms with Gasteiger partial charge in [0.15, 0.2) is 12.1 Å². The molecule has 5 heteroatoms. The quantitative estimate of drug-likeness (QED) is 0.684. The molecule has 12 heavy (non-hydrogen) atoms. The van der Waals surface area contributed by atoms with Gasteiger partial charge in [-0.2, -0.15) is 4.39 Å². The average Bonchev–Trinajstić information content (AvgIpc) is 2.33. The van der Waals surface area contributed by atoms with Crippen molar-refractivity contribution in [3.8, 4) is 0 Å². The third-order valence-electron chi connectivity index (χ3n) is 1.34. The second-order valence-corrected chi connectivity index (χ2v) is 2.19. The number of aliphatic hydroxyl groups excluding tert-OH is 1. The Bertz CT molecular complexity index is 242. The van der Waals surface area contributed by atoms with Crippen LogP contribution in [0.25, 0.3) is 0 Å². The van der Waals surface area contributed by atoms with Gasteiger partial charge in [-0.05, 0) is 6.92 Å². The first-order valence-corrected chi connectivity index (χ1v) is 3.48. The second-order valence-electron chi connectivity index (χ2n) is 2.19. The van der Waals surface area contributed by atoms with E-state index in [9.17, 15) is 8.78 Å². The molecule has 0 saturated carbocycles. The summed E-state index contributed by atoms with van der Waals surface area (Å²) in [4.78, 5) is 2.01. The van der Waals surface area contributed by atoms with Gasteiger partial charge in [-0.1, -0.05) is 0 Å². The Morgan fingerprint density at radius 3 is 2.75 bits per heavy atom. The van der Waals surface area contributed by atoms with Crippen molar-refractivity contribution in [2.24, 2.45) is 0 Å². The van der Waals surface area contributed by atoms with E-state index in [0.717, 1.165) is 6.07 Å². The molecule has 2 N–H and O–H groups in total. The van der Waals surface area contributed by atoms with E-state index in [1.165, 1.54) is 0 Å². The highest BCUT2D eigenvalue weighted by molar-refractivity contribution is 5.08. The Labute approximate surface area is 68.0 Å². The van der Waals surface area contributed by atoms with Gasteiger partial charge < -0.3 is 14.8 Å². The van der Waals surface area contributed by atoms with Gasteiger partial charge in [0.2, 0.25) is 5.95 Å². The average molecular weight is 177 g/mol. The molecule has 0 aliphatic heterocycles. The van der Waals surface area contributed by atoms with Gasteiger partial charge in [0.1, 0.15) is 0 Å². The van der Waals surface area contributed by atoms with E-state index in [1.54, 1.807) is 6.92 Å². The summed E-state index contributed by atoms with van der Waals surface area (Å²) in [6, 6.07) is 0.857. The Kier molecular flexibility index (Phi) is 2.78. The first kappa shape index (κ1) is 9.15. The zero-order valence-electron chi connectivity index (χ0n) is 6.47. The fraction of sp³-hybridized carbons (Fsp3) is 0.429. The lowest BCUT2D eigenvalue weighted by molar-refractivity contribution is -0.101. The molecule has 0 aliphatic rings. The summed E-state index contributed by atoms with van der Waals surface area (Å²) in [6.45, 7) is 1.93. The lowest BCUT2D eigenvalue weighted by Gasteiger charge is -2.06. The topological polar surface area (TPSA) is 45.2 Å². The molecule has 0 fully saturated rings. The minimum atomic E-state index is -1.30. The molecule has 0 aliphatic carbocycles. The Balaban J connectivity index is 2.74. The van der Waals surface area contributed by atoms with Gasteiger partial charge >= 0.3 is 0 Å². The molecule has 0 radical (unpaired) electrons. The number of rotatable bonds is 3. The molecular weight excluding hydrogens is 168 g/mol. The van der Waals surface area contributed by atoms with E-state index in [2.05, 4.69) is 4.74 Å². The van der Waals surface area contributed by atoms with Crippen LogP contribution in [0.15, 0.2) is 6.07 Å². The van der Waals surface area contributed by atoms with Crippen molar-refractivity contribution < 1.29 is 18.6 Å². The van der Waals surface area contributed by atoms with Crippen LogP contribution in [0, 0.1) is 11.8 Å². The van der Waals surface area contributed by atoms with Gasteiger partial charge in [0.05, 0.1) is 5.69 Å². The maximum absolute atomic E-state index is 12.4. The van der Waals surface area contributed by atoms with Crippen LogP contribution in [-0.4, -0.2) is 16.7 Å². The number of aliphatic hydroxyl groups is 1. The van der Waals surface area contributed by atoms with Gasteiger partial charge in [0.25, 0.3) is 0 Å². The van der Waals surface area contributed by atoms with Crippen molar-refractivity contribution in [2.45, 2.75) is 13.2 Å². The molecule has 1 heterocycles. The Morgan fingerprint density at radius 1 is 1.67 bits per heavy atom. The fourth-order valence-electron chi connectivity index (χ4n) is 0.803. The normalized spacial score (nSPS) is 13.3. The molecule has 0 spiro atoms. The molecule has 1 rings (SSSR count). The van der Waals surface area contributed by atoms with Crippen molar-refractivity contribution in [1.29, 1.82) is 0 Å². The first-order chi connectivity index (χ1) is 5.65. The summed E-state index contributed by atoms with van der Waals surface area (Å²) in [6.07, 6.45) is -1.30. The highest BCUT2D eigenvalue weighted by Gasteiger charge is 2.13. The predicted octanol–water partition coefficient (Wildman–Crippen LogP) is 1.32. The lowest BCUT2D eigenvalue weighted by Crippen LogP contribution is -2.02. The monoisotopic (exact) mass is 177 g/mol. The van der Waals surface area contributed by atoms with E-state index < -0.39 is 18.1 Å². The van der Waals surface area contributed by atoms with Crippen LogP contribution < -0.4 is 0 Å². The number of nitrogens with one attached hydrogen (secondary N) is 1. The summed E-state index contributed by atoms with van der Waals surface area (Å²) >= 11 is 0. The molecule has 1 atom stereocenters. The number of H-pyrrole nitrogens is 1. The molecule has 0 amide bonds. The molecule has 1 aromatic rings. The van der Waals surface area contributed by atoms with Gasteiger partial charge in [0, 0.05) is 12.7 Å². The van der Waals surface area contributed by atoms with Gasteiger partial charge in [-0.3, -0.25) is 0 Å². The Morgan fingerprint density at radius 2 is 2.33 bits per heavy atom. The molecule has 0 aromatic carbocycles. The third-order valence-corrected chi connectivity index (χ3v) is 1.34. The standard InChI is InChI=1S/C7H9F2NO2/c1-2-12-7(11)5-3-4(8)6(9)10-5/h3,7,10-11H,2H2,1H3. The number of hydrogen-bond acceptors (Lipinski definition) is 2. The van der Waals surface area contributed by atoms with Crippen LogP contribution in [0.3, 0.4) is 0 Å². The van der Waals surface area contributed by atoms with E-state index in [0.29, 0.717) is 0 Å². The van der Waals surface area contributed by atoms with Crippen LogP contribution in [0.1, 0.15) is 18.9 Å². The minimum absolute atomic E-state index is 0.0214. The minimum Gasteiger partial charge on any atom is -0.363 e. The van der Waals surface area contributed by atoms with E-state index in [-0.39, 0.29) is 12.3 Å². The van der Waals surface area contributed by atoms with Gasteiger partial charge in [-0.15, -0.1) is 0 Å². The number of ether oxygens (including phenoxy) is 1. The summed E-state index contributed by atoms with van der Waals surface area (Å²) in [7, 11) is 0. The molecule has 1 aromatic heterocycles. The smallest absolute Gasteiger partial charge is 0.227 e. The molecule has 0 saturated heterocycles. The van der Waals surface area contributed by atoms with E-state index in [1.807, 2.05) is 4.98 Å². The summed E-state index contributed by atoms with van der Waals surface area (Å²) in [5.41, 5.74) is -0.0214. The number of hydrogen-bond donors (Lipinski definition) is 2. The fourth-order valence-corrected chi connectivity index (χ4v) is 0.803. The summed E-state index contributed by atoms with van der Waals surface area (Å²) < 4.78 is 29.4. The number of halogens is 2. The SMILES string of the molecule is CCOC(O)c1cc(F)c(F)[nH]1. The second kappa shape index (κ2) is 3.64. The number of aromatic nitrogens is 1. The maximum Gasteiger partial charge on any atom is 0.227 e. The van der Waals surface area contributed by atoms with E-state index >= 15 is 0 Å². The van der Waals surface area contributed by atoms with Crippen LogP contribution in [0.2, 0.25) is 0 Å². The molecule has 3 nitrogen and oxygen atoms in total. The van der Waals surface area contributed by atoms with Crippen LogP contribution in [0.4, 0.5) is 8.78 Å². The summed E-state index contributed by atoms with van der Waals surface area (Å²) in [5.74, 6) is -2.12. The van der Waals surface area contributed by atoms with Crippen molar-refractivity contribution in [2.75, 3.05) is 6.61 Å². The third kappa shape index (κ3) is 1.80. The van der Waals surface area contributed by atoms with Crippen molar-refractivity contribution in [1.82, 2.24) is 4.98 Å². The Hall–Kier alpha value is -0.940.